The van der Waals surface area contributed by atoms with Gasteiger partial charge >= 0.3 is 0 Å². The van der Waals surface area contributed by atoms with Crippen molar-refractivity contribution in [2.45, 2.75) is 37.8 Å². The van der Waals surface area contributed by atoms with E-state index in [9.17, 15) is 13.2 Å². The van der Waals surface area contributed by atoms with Crippen LogP contribution < -0.4 is 14.4 Å². The molecule has 8 nitrogen and oxygen atoms in total. The van der Waals surface area contributed by atoms with Crippen LogP contribution in [-0.2, 0) is 27.8 Å². The van der Waals surface area contributed by atoms with Crippen LogP contribution in [0.25, 0.3) is 0 Å². The normalized spacial score (nSPS) is 17.9. The molecule has 0 saturated carbocycles. The molecule has 5 rings (SSSR count). The number of rotatable bonds is 8. The van der Waals surface area contributed by atoms with Gasteiger partial charge in [-0.15, -0.1) is 0 Å². The third-order valence-electron chi connectivity index (χ3n) is 7.33. The molecule has 206 valence electrons. The summed E-state index contributed by atoms with van der Waals surface area (Å²) in [5, 5.41) is 0. The van der Waals surface area contributed by atoms with E-state index in [0.29, 0.717) is 51.6 Å². The molecule has 1 atom stereocenters. The molecule has 2 aliphatic heterocycles. The molecule has 0 spiro atoms. The first kappa shape index (κ1) is 27.0. The minimum absolute atomic E-state index is 0.153. The molecule has 0 N–H and O–H groups in total. The number of nitrogens with zero attached hydrogens (tertiary/aromatic N) is 3. The second kappa shape index (κ2) is 11.7. The van der Waals surface area contributed by atoms with Crippen molar-refractivity contribution >= 4 is 21.6 Å². The van der Waals surface area contributed by atoms with E-state index in [2.05, 4.69) is 4.90 Å². The smallest absolute Gasteiger partial charge is 0.244 e. The molecular weight excluding hydrogens is 514 g/mol. The van der Waals surface area contributed by atoms with E-state index in [1.807, 2.05) is 62.4 Å². The summed E-state index contributed by atoms with van der Waals surface area (Å²) in [7, 11) is -3.93. The van der Waals surface area contributed by atoms with Gasteiger partial charge in [-0.25, -0.2) is 8.42 Å². The van der Waals surface area contributed by atoms with Crippen molar-refractivity contribution in [2.75, 3.05) is 44.3 Å². The van der Waals surface area contributed by atoms with Crippen LogP contribution in [0.15, 0.2) is 77.7 Å². The second-order valence-electron chi connectivity index (χ2n) is 9.66. The lowest BCUT2D eigenvalue weighted by atomic mass is 9.95. The second-order valence-corrected chi connectivity index (χ2v) is 11.5. The number of carbonyl (C=O) groups excluding carboxylic acids is 1. The van der Waals surface area contributed by atoms with Crippen LogP contribution in [0.5, 0.6) is 11.5 Å². The Labute approximate surface area is 230 Å². The number of para-hydroxylation sites is 2. The Hall–Kier alpha value is -3.56. The van der Waals surface area contributed by atoms with Gasteiger partial charge in [0.15, 0.2) is 0 Å². The zero-order chi connectivity index (χ0) is 27.4. The number of carbonyl (C=O) groups is 1. The van der Waals surface area contributed by atoms with Gasteiger partial charge in [-0.1, -0.05) is 36.4 Å². The van der Waals surface area contributed by atoms with Gasteiger partial charge in [-0.05, 0) is 67.8 Å². The lowest BCUT2D eigenvalue weighted by molar-refractivity contribution is -0.136. The fourth-order valence-corrected chi connectivity index (χ4v) is 6.91. The van der Waals surface area contributed by atoms with Crippen molar-refractivity contribution in [3.05, 3.63) is 83.9 Å². The molecule has 3 aromatic rings. The molecule has 0 aromatic heterocycles. The van der Waals surface area contributed by atoms with Gasteiger partial charge in [0.25, 0.3) is 0 Å². The Balaban J connectivity index is 1.38. The van der Waals surface area contributed by atoms with Crippen molar-refractivity contribution in [2.24, 2.45) is 0 Å². The summed E-state index contributed by atoms with van der Waals surface area (Å²) in [6.07, 6.45) is 0.346. The minimum Gasteiger partial charge on any atom is -0.494 e. The highest BCUT2D eigenvalue weighted by Crippen LogP contribution is 2.32. The molecule has 0 bridgehead atoms. The van der Waals surface area contributed by atoms with Gasteiger partial charge in [0.2, 0.25) is 15.9 Å². The fourth-order valence-electron chi connectivity index (χ4n) is 5.35. The maximum Gasteiger partial charge on any atom is 0.244 e. The van der Waals surface area contributed by atoms with Crippen molar-refractivity contribution in [1.29, 1.82) is 0 Å². The summed E-state index contributed by atoms with van der Waals surface area (Å²) in [5.74, 6) is 1.28. The molecule has 9 heteroatoms. The van der Waals surface area contributed by atoms with Crippen LogP contribution in [0, 0.1) is 0 Å². The molecule has 39 heavy (non-hydrogen) atoms. The molecule has 0 radical (unpaired) electrons. The van der Waals surface area contributed by atoms with Crippen molar-refractivity contribution < 1.29 is 22.7 Å². The summed E-state index contributed by atoms with van der Waals surface area (Å²) >= 11 is 0. The van der Waals surface area contributed by atoms with E-state index < -0.39 is 16.1 Å². The predicted octanol–water partition coefficient (Wildman–Crippen LogP) is 3.95. The number of amides is 1. The summed E-state index contributed by atoms with van der Waals surface area (Å²) < 4.78 is 40.5. The zero-order valence-electron chi connectivity index (χ0n) is 22.5. The number of anilines is 1. The van der Waals surface area contributed by atoms with Crippen molar-refractivity contribution in [3.63, 3.8) is 0 Å². The lowest BCUT2D eigenvalue weighted by Crippen LogP contribution is -2.57. The Bertz CT molecular complexity index is 1400. The summed E-state index contributed by atoms with van der Waals surface area (Å²) in [4.78, 5) is 18.1. The first-order chi connectivity index (χ1) is 18.9. The van der Waals surface area contributed by atoms with E-state index in [1.165, 1.54) is 4.31 Å². The molecular formula is C30H35N3O5S. The number of hydrogen-bond acceptors (Lipinski definition) is 6. The molecule has 0 unspecified atom stereocenters. The molecule has 0 aliphatic carbocycles. The Morgan fingerprint density at radius 2 is 1.46 bits per heavy atom. The van der Waals surface area contributed by atoms with E-state index in [-0.39, 0.29) is 17.3 Å². The maximum absolute atomic E-state index is 14.0. The first-order valence-electron chi connectivity index (χ1n) is 13.5. The van der Waals surface area contributed by atoms with Gasteiger partial charge in [0.05, 0.1) is 23.8 Å². The van der Waals surface area contributed by atoms with E-state index in [1.54, 1.807) is 29.2 Å². The topological polar surface area (TPSA) is 79.4 Å². The third-order valence-corrected chi connectivity index (χ3v) is 9.20. The van der Waals surface area contributed by atoms with Gasteiger partial charge in [0, 0.05) is 32.7 Å². The number of hydrogen-bond donors (Lipinski definition) is 0. The van der Waals surface area contributed by atoms with Gasteiger partial charge in [-0.3, -0.25) is 4.79 Å². The predicted molar refractivity (Wildman–Crippen MR) is 151 cm³/mol. The number of sulfonamides is 1. The van der Waals surface area contributed by atoms with Crippen LogP contribution in [0.3, 0.4) is 0 Å². The van der Waals surface area contributed by atoms with Gasteiger partial charge < -0.3 is 19.3 Å². The molecule has 2 heterocycles. The monoisotopic (exact) mass is 549 g/mol. The fraction of sp³-hybridized carbons (Fsp3) is 0.367. The molecule has 1 saturated heterocycles. The van der Waals surface area contributed by atoms with Gasteiger partial charge in [0.1, 0.15) is 17.5 Å². The standard InChI is InChI=1S/C30H35N3O5S/c1-3-37-25-13-15-26(16-14-25)39(35,36)33-22-24-10-6-5-9-23(24)21-28(33)30(34)32-19-17-31(18-20-32)27-11-7-8-12-29(27)38-4-2/h5-16,28H,3-4,17-22H2,1-2H3/t28-/m1/s1. The Morgan fingerprint density at radius 3 is 2.15 bits per heavy atom. The average molecular weight is 550 g/mol. The van der Waals surface area contributed by atoms with Crippen LogP contribution in [0.4, 0.5) is 5.69 Å². The number of fused-ring (bicyclic) bond motifs is 1. The van der Waals surface area contributed by atoms with Crippen molar-refractivity contribution in [3.8, 4) is 11.5 Å². The quantitative estimate of drug-likeness (QED) is 0.424. The van der Waals surface area contributed by atoms with Crippen LogP contribution in [0.1, 0.15) is 25.0 Å². The van der Waals surface area contributed by atoms with Crippen LogP contribution in [0.2, 0.25) is 0 Å². The highest BCUT2D eigenvalue weighted by atomic mass is 32.2. The highest BCUT2D eigenvalue weighted by Gasteiger charge is 2.41. The SMILES string of the molecule is CCOc1ccc(S(=O)(=O)N2Cc3ccccc3C[C@@H]2C(=O)N2CCN(c3ccccc3OCC)CC2)cc1. The number of piperazine rings is 1. The average Bonchev–Trinajstić information content (AvgIpc) is 2.97. The number of benzene rings is 3. The Morgan fingerprint density at radius 1 is 0.821 bits per heavy atom. The molecule has 1 fully saturated rings. The van der Waals surface area contributed by atoms with E-state index in [4.69, 9.17) is 9.47 Å². The largest absolute Gasteiger partial charge is 0.494 e. The van der Waals surface area contributed by atoms with E-state index in [0.717, 1.165) is 22.6 Å². The van der Waals surface area contributed by atoms with Crippen molar-refractivity contribution in [1.82, 2.24) is 9.21 Å². The van der Waals surface area contributed by atoms with Gasteiger partial charge in [-0.2, -0.15) is 4.31 Å². The third kappa shape index (κ3) is 5.60. The molecule has 3 aromatic carbocycles. The van der Waals surface area contributed by atoms with Crippen LogP contribution >= 0.6 is 0 Å². The van der Waals surface area contributed by atoms with E-state index >= 15 is 0 Å². The Kier molecular flexibility index (Phi) is 8.09. The summed E-state index contributed by atoms with van der Waals surface area (Å²) in [5.41, 5.74) is 2.95. The maximum atomic E-state index is 14.0. The molecule has 1 amide bonds. The van der Waals surface area contributed by atoms with Crippen LogP contribution in [-0.4, -0.2) is 69.0 Å². The number of ether oxygens (including phenoxy) is 2. The lowest BCUT2D eigenvalue weighted by Gasteiger charge is -2.41. The zero-order valence-corrected chi connectivity index (χ0v) is 23.3. The first-order valence-corrected chi connectivity index (χ1v) is 14.9. The minimum atomic E-state index is -3.93. The highest BCUT2D eigenvalue weighted by molar-refractivity contribution is 7.89. The summed E-state index contributed by atoms with van der Waals surface area (Å²) in [6.45, 7) is 7.38. The summed E-state index contributed by atoms with van der Waals surface area (Å²) in [6, 6.07) is 21.3. The molecule has 2 aliphatic rings.